The molecule has 0 saturated carbocycles. The van der Waals surface area contributed by atoms with Gasteiger partial charge in [0.2, 0.25) is 0 Å². The first-order valence-electron chi connectivity index (χ1n) is 6.91. The van der Waals surface area contributed by atoms with E-state index in [2.05, 4.69) is 27.5 Å². The van der Waals surface area contributed by atoms with Crippen LogP contribution in [0.2, 0.25) is 0 Å². The van der Waals surface area contributed by atoms with Crippen molar-refractivity contribution in [1.82, 2.24) is 19.5 Å². The lowest BCUT2D eigenvalue weighted by Gasteiger charge is -2.18. The van der Waals surface area contributed by atoms with Crippen LogP contribution < -0.4 is 5.73 Å². The van der Waals surface area contributed by atoms with Crippen LogP contribution in [-0.4, -0.2) is 66.3 Å². The second-order valence-electron chi connectivity index (χ2n) is 5.66. The van der Waals surface area contributed by atoms with Crippen LogP contribution in [0.15, 0.2) is 6.33 Å². The molecule has 120 valence electrons. The third kappa shape index (κ3) is 2.43. The van der Waals surface area contributed by atoms with E-state index in [1.165, 1.54) is 6.33 Å². The Bertz CT molecular complexity index is 692. The highest BCUT2D eigenvalue weighted by Gasteiger charge is 2.46. The van der Waals surface area contributed by atoms with E-state index in [0.717, 1.165) is 0 Å². The Morgan fingerprint density at radius 1 is 1.32 bits per heavy atom. The highest BCUT2D eigenvalue weighted by Crippen LogP contribution is 2.33. The summed E-state index contributed by atoms with van der Waals surface area (Å²) >= 11 is 0. The van der Waals surface area contributed by atoms with E-state index >= 15 is 0 Å². The number of anilines is 1. The van der Waals surface area contributed by atoms with Gasteiger partial charge < -0.3 is 20.7 Å². The largest absolute Gasteiger partial charge is 0.387 e. The zero-order chi connectivity index (χ0) is 16.0. The van der Waals surface area contributed by atoms with Gasteiger partial charge in [-0.2, -0.15) is 0 Å². The topological polar surface area (TPSA) is 119 Å². The molecular weight excluding hydrogens is 306 g/mol. The summed E-state index contributed by atoms with van der Waals surface area (Å²) in [6, 6.07) is 0. The number of imidazole rings is 1. The summed E-state index contributed by atoms with van der Waals surface area (Å²) in [7, 11) is 0.0945. The molecule has 0 bridgehead atoms. The van der Waals surface area contributed by atoms with Gasteiger partial charge in [-0.05, 0) is 17.8 Å². The van der Waals surface area contributed by atoms with Crippen molar-refractivity contribution in [2.45, 2.75) is 31.5 Å². The summed E-state index contributed by atoms with van der Waals surface area (Å²) in [5.74, 6) is 1.57. The van der Waals surface area contributed by atoms with Gasteiger partial charge in [-0.3, -0.25) is 4.57 Å². The van der Waals surface area contributed by atoms with Gasteiger partial charge in [0, 0.05) is 0 Å². The lowest BCUT2D eigenvalue weighted by atomic mass is 10.1. The number of hydrogen-bond acceptors (Lipinski definition) is 7. The minimum atomic E-state index is -1.04. The Morgan fingerprint density at radius 2 is 2.05 bits per heavy atom. The summed E-state index contributed by atoms with van der Waals surface area (Å²) in [5.41, 5.74) is 6.78. The number of nitrogen functional groups attached to an aromatic ring is 1. The first kappa shape index (κ1) is 15.5. The number of nitrogens with two attached hydrogens (primary N) is 1. The molecule has 0 aromatic carbocycles. The van der Waals surface area contributed by atoms with Crippen molar-refractivity contribution >= 4 is 27.9 Å². The van der Waals surface area contributed by atoms with Crippen LogP contribution in [0, 0.1) is 6.92 Å². The van der Waals surface area contributed by atoms with Gasteiger partial charge in [0.25, 0.3) is 0 Å². The predicted octanol–water partition coefficient (Wildman–Crippen LogP) is -0.786. The predicted molar refractivity (Wildman–Crippen MR) is 84.5 cm³/mol. The van der Waals surface area contributed by atoms with E-state index in [9.17, 15) is 10.2 Å². The fourth-order valence-electron chi connectivity index (χ4n) is 2.75. The molecule has 1 aliphatic heterocycles. The van der Waals surface area contributed by atoms with Crippen molar-refractivity contribution in [2.24, 2.45) is 0 Å². The third-order valence-electron chi connectivity index (χ3n) is 3.77. The maximum absolute atomic E-state index is 10.4. The molecule has 2 aromatic heterocycles. The van der Waals surface area contributed by atoms with E-state index in [4.69, 9.17) is 10.5 Å². The molecule has 3 rings (SSSR count). The summed E-state index contributed by atoms with van der Waals surface area (Å²) < 4.78 is 7.57. The molecule has 0 unspecified atom stereocenters. The number of aliphatic hydroxyl groups excluding tert-OH is 2. The molecule has 9 heteroatoms. The molecular formula is C13H20N5O3S+. The molecule has 0 amide bonds. The number of aliphatic hydroxyl groups is 2. The molecule has 22 heavy (non-hydrogen) atoms. The summed E-state index contributed by atoms with van der Waals surface area (Å²) in [6.45, 7) is 1.78. The number of rotatable bonds is 3. The first-order valence-corrected chi connectivity index (χ1v) is 9.12. The smallest absolute Gasteiger partial charge is 0.167 e. The molecule has 3 heterocycles. The second kappa shape index (κ2) is 5.65. The van der Waals surface area contributed by atoms with Gasteiger partial charge in [-0.15, -0.1) is 0 Å². The average Bonchev–Trinajstić information content (AvgIpc) is 2.91. The Hall–Kier alpha value is -1.42. The fourth-order valence-corrected chi connectivity index (χ4v) is 3.68. The quantitative estimate of drug-likeness (QED) is 0.633. The molecule has 1 saturated heterocycles. The minimum Gasteiger partial charge on any atom is -0.387 e. The SMILES string of the molecule is Cc1nc2c(N)ncnc2n1[C@@H]1O[C@H](C[S+](C)C)[C@@H](O)[C@H]1O. The van der Waals surface area contributed by atoms with E-state index in [0.29, 0.717) is 22.7 Å². The maximum Gasteiger partial charge on any atom is 0.167 e. The van der Waals surface area contributed by atoms with Gasteiger partial charge >= 0.3 is 0 Å². The summed E-state index contributed by atoms with van der Waals surface area (Å²) in [5, 5.41) is 20.6. The molecule has 0 spiro atoms. The van der Waals surface area contributed by atoms with Gasteiger partial charge in [0.1, 0.15) is 36.2 Å². The zero-order valence-electron chi connectivity index (χ0n) is 12.7. The maximum atomic E-state index is 10.4. The zero-order valence-corrected chi connectivity index (χ0v) is 13.5. The Labute approximate surface area is 130 Å². The molecule has 4 atom stereocenters. The minimum absolute atomic E-state index is 0.0945. The van der Waals surface area contributed by atoms with Crippen LogP contribution in [0.5, 0.6) is 0 Å². The van der Waals surface area contributed by atoms with Crippen molar-refractivity contribution in [2.75, 3.05) is 24.0 Å². The highest BCUT2D eigenvalue weighted by atomic mass is 32.2. The molecule has 1 aliphatic rings. The Kier molecular flexibility index (Phi) is 3.98. The van der Waals surface area contributed by atoms with Gasteiger partial charge in [0.15, 0.2) is 23.2 Å². The molecule has 1 fully saturated rings. The number of hydrogen-bond donors (Lipinski definition) is 3. The highest BCUT2D eigenvalue weighted by molar-refractivity contribution is 7.95. The van der Waals surface area contributed by atoms with Crippen LogP contribution in [-0.2, 0) is 15.6 Å². The second-order valence-corrected chi connectivity index (χ2v) is 7.96. The standard InChI is InChI=1S/C13H20N5O3S/c1-6-17-8-11(14)15-5-16-12(8)18(6)13-10(20)9(19)7(21-13)4-22(2)3/h5,7,9-10,13,19-20H,4H2,1-3H3,(H2,14,15,16)/q+1/t7-,9-,10-,13-/m1/s1. The fraction of sp³-hybridized carbons (Fsp3) is 0.615. The Balaban J connectivity index is 2.01. The van der Waals surface area contributed by atoms with E-state index < -0.39 is 24.5 Å². The van der Waals surface area contributed by atoms with Crippen molar-refractivity contribution in [3.63, 3.8) is 0 Å². The molecule has 0 aliphatic carbocycles. The lowest BCUT2D eigenvalue weighted by Crippen LogP contribution is -2.35. The van der Waals surface area contributed by atoms with E-state index in [-0.39, 0.29) is 16.7 Å². The van der Waals surface area contributed by atoms with Crippen molar-refractivity contribution in [1.29, 1.82) is 0 Å². The summed E-state index contributed by atoms with van der Waals surface area (Å²) in [6.07, 6.45) is 2.37. The van der Waals surface area contributed by atoms with Crippen LogP contribution in [0.1, 0.15) is 12.1 Å². The van der Waals surface area contributed by atoms with Crippen LogP contribution in [0.25, 0.3) is 11.2 Å². The van der Waals surface area contributed by atoms with Crippen molar-refractivity contribution in [3.8, 4) is 0 Å². The lowest BCUT2D eigenvalue weighted by molar-refractivity contribution is -0.0301. The van der Waals surface area contributed by atoms with Crippen LogP contribution in [0.4, 0.5) is 5.82 Å². The van der Waals surface area contributed by atoms with Crippen molar-refractivity contribution < 1.29 is 14.9 Å². The molecule has 0 radical (unpaired) electrons. The number of nitrogens with zero attached hydrogens (tertiary/aromatic N) is 4. The van der Waals surface area contributed by atoms with Gasteiger partial charge in [-0.1, -0.05) is 0 Å². The van der Waals surface area contributed by atoms with Crippen LogP contribution in [0.3, 0.4) is 0 Å². The average molecular weight is 326 g/mol. The van der Waals surface area contributed by atoms with Crippen molar-refractivity contribution in [3.05, 3.63) is 12.2 Å². The normalized spacial score (nSPS) is 28.8. The van der Waals surface area contributed by atoms with E-state index in [1.54, 1.807) is 11.5 Å². The number of ether oxygens (including phenoxy) is 1. The van der Waals surface area contributed by atoms with Crippen LogP contribution >= 0.6 is 0 Å². The van der Waals surface area contributed by atoms with Gasteiger partial charge in [-0.25, -0.2) is 15.0 Å². The number of aromatic nitrogens is 4. The third-order valence-corrected chi connectivity index (χ3v) is 4.77. The molecule has 2 aromatic rings. The number of aryl methyl sites for hydroxylation is 1. The monoisotopic (exact) mass is 326 g/mol. The molecule has 8 nitrogen and oxygen atoms in total. The summed E-state index contributed by atoms with van der Waals surface area (Å²) in [4.78, 5) is 12.5. The van der Waals surface area contributed by atoms with Gasteiger partial charge in [0.05, 0.1) is 12.5 Å². The first-order chi connectivity index (χ1) is 10.4. The Morgan fingerprint density at radius 3 is 2.73 bits per heavy atom. The molecule has 4 N–H and O–H groups in total. The number of fused-ring (bicyclic) bond motifs is 1. The van der Waals surface area contributed by atoms with E-state index in [1.807, 2.05) is 0 Å².